The third-order valence-corrected chi connectivity index (χ3v) is 2.89. The first kappa shape index (κ1) is 13.6. The smallest absolute Gasteiger partial charge is 0.238 e. The number of amides is 1. The van der Waals surface area contributed by atoms with Gasteiger partial charge in [-0.05, 0) is 30.3 Å². The predicted octanol–water partition coefficient (Wildman–Crippen LogP) is 1.80. The van der Waals surface area contributed by atoms with Crippen molar-refractivity contribution in [3.8, 4) is 0 Å². The molecule has 0 aliphatic carbocycles. The molecule has 1 aromatic heterocycles. The molecule has 0 unspecified atom stereocenters. The Kier molecular flexibility index (Phi) is 4.54. The van der Waals surface area contributed by atoms with Gasteiger partial charge in [0.1, 0.15) is 0 Å². The number of benzene rings is 1. The van der Waals surface area contributed by atoms with E-state index in [4.69, 9.17) is 11.6 Å². The Morgan fingerprint density at radius 1 is 1.32 bits per heavy atom. The molecule has 2 N–H and O–H groups in total. The zero-order chi connectivity index (χ0) is 13.7. The molecule has 0 saturated carbocycles. The van der Waals surface area contributed by atoms with E-state index < -0.39 is 0 Å². The number of aromatic nitrogens is 2. The highest BCUT2D eigenvalue weighted by atomic mass is 35.5. The van der Waals surface area contributed by atoms with Crippen LogP contribution in [0.4, 0.5) is 5.69 Å². The van der Waals surface area contributed by atoms with Crippen LogP contribution in [0.5, 0.6) is 0 Å². The van der Waals surface area contributed by atoms with E-state index in [0.29, 0.717) is 11.6 Å². The highest BCUT2D eigenvalue weighted by Gasteiger charge is 2.03. The van der Waals surface area contributed by atoms with Crippen LogP contribution in [-0.4, -0.2) is 22.2 Å². The largest absolute Gasteiger partial charge is 0.325 e. The first-order valence-corrected chi connectivity index (χ1v) is 6.26. The molecule has 2 rings (SSSR count). The summed E-state index contributed by atoms with van der Waals surface area (Å²) in [4.78, 5) is 11.7. The predicted molar refractivity (Wildman–Crippen MR) is 75.0 cm³/mol. The van der Waals surface area contributed by atoms with Crippen LogP contribution >= 0.6 is 11.6 Å². The number of nitrogens with one attached hydrogen (secondary N) is 2. The summed E-state index contributed by atoms with van der Waals surface area (Å²) in [7, 11) is 1.87. The lowest BCUT2D eigenvalue weighted by molar-refractivity contribution is -0.115. The molecular formula is C13H15ClN4O. The number of halogens is 1. The number of nitrogens with zero attached hydrogens (tertiary/aromatic N) is 2. The van der Waals surface area contributed by atoms with Gasteiger partial charge < -0.3 is 10.6 Å². The van der Waals surface area contributed by atoms with Crippen molar-refractivity contribution in [2.75, 3.05) is 11.9 Å². The average Bonchev–Trinajstić information content (AvgIpc) is 2.78. The lowest BCUT2D eigenvalue weighted by atomic mass is 10.3. The SMILES string of the molecule is Cn1nccc1CNCC(=O)Nc1ccc(Cl)cc1. The lowest BCUT2D eigenvalue weighted by Gasteiger charge is -2.07. The van der Waals surface area contributed by atoms with Crippen LogP contribution in [0.15, 0.2) is 36.5 Å². The molecule has 0 bridgehead atoms. The van der Waals surface area contributed by atoms with Crippen LogP contribution < -0.4 is 10.6 Å². The van der Waals surface area contributed by atoms with E-state index >= 15 is 0 Å². The van der Waals surface area contributed by atoms with Gasteiger partial charge in [-0.3, -0.25) is 9.48 Å². The van der Waals surface area contributed by atoms with Crippen molar-refractivity contribution in [2.45, 2.75) is 6.54 Å². The molecule has 1 amide bonds. The zero-order valence-electron chi connectivity index (χ0n) is 10.6. The van der Waals surface area contributed by atoms with Gasteiger partial charge >= 0.3 is 0 Å². The summed E-state index contributed by atoms with van der Waals surface area (Å²) in [6.07, 6.45) is 1.73. The van der Waals surface area contributed by atoms with Crippen LogP contribution in [0.1, 0.15) is 5.69 Å². The second-order valence-electron chi connectivity index (χ2n) is 4.10. The van der Waals surface area contributed by atoms with Gasteiger partial charge in [-0.1, -0.05) is 11.6 Å². The summed E-state index contributed by atoms with van der Waals surface area (Å²) >= 11 is 5.77. The van der Waals surface area contributed by atoms with E-state index in [0.717, 1.165) is 11.4 Å². The number of hydrogen-bond donors (Lipinski definition) is 2. The maximum Gasteiger partial charge on any atom is 0.238 e. The van der Waals surface area contributed by atoms with Crippen molar-refractivity contribution in [3.05, 3.63) is 47.2 Å². The van der Waals surface area contributed by atoms with Crippen molar-refractivity contribution in [3.63, 3.8) is 0 Å². The summed E-state index contributed by atoms with van der Waals surface area (Å²) in [5.74, 6) is -0.0931. The Morgan fingerprint density at radius 3 is 2.68 bits per heavy atom. The van der Waals surface area contributed by atoms with Crippen LogP contribution in [0.3, 0.4) is 0 Å². The van der Waals surface area contributed by atoms with Crippen molar-refractivity contribution in [1.29, 1.82) is 0 Å². The summed E-state index contributed by atoms with van der Waals surface area (Å²) in [5.41, 5.74) is 1.76. The number of hydrogen-bond acceptors (Lipinski definition) is 3. The van der Waals surface area contributed by atoms with Crippen LogP contribution in [0.25, 0.3) is 0 Å². The molecule has 1 heterocycles. The molecular weight excluding hydrogens is 264 g/mol. The number of carbonyl (C=O) groups excluding carboxylic acids is 1. The lowest BCUT2D eigenvalue weighted by Crippen LogP contribution is -2.28. The second kappa shape index (κ2) is 6.36. The highest BCUT2D eigenvalue weighted by Crippen LogP contribution is 2.12. The van der Waals surface area contributed by atoms with E-state index in [1.54, 1.807) is 35.1 Å². The third kappa shape index (κ3) is 4.08. The Labute approximate surface area is 116 Å². The molecule has 0 fully saturated rings. The average molecular weight is 279 g/mol. The fourth-order valence-electron chi connectivity index (χ4n) is 1.62. The summed E-state index contributed by atoms with van der Waals surface area (Å²) in [5, 5.41) is 10.5. The van der Waals surface area contributed by atoms with Gasteiger partial charge in [0.2, 0.25) is 5.91 Å². The van der Waals surface area contributed by atoms with E-state index in [9.17, 15) is 4.79 Å². The third-order valence-electron chi connectivity index (χ3n) is 2.64. The standard InChI is InChI=1S/C13H15ClN4O/c1-18-12(6-7-16-18)8-15-9-13(19)17-11-4-2-10(14)3-5-11/h2-7,15H,8-9H2,1H3,(H,17,19). The Bertz CT molecular complexity index is 550. The second-order valence-corrected chi connectivity index (χ2v) is 4.54. The van der Waals surface area contributed by atoms with Crippen molar-refractivity contribution < 1.29 is 4.79 Å². The minimum absolute atomic E-state index is 0.0931. The Balaban J connectivity index is 1.76. The van der Waals surface area contributed by atoms with Crippen LogP contribution in [0, 0.1) is 0 Å². The summed E-state index contributed by atoms with van der Waals surface area (Å²) in [6, 6.07) is 8.91. The molecule has 0 aliphatic heterocycles. The van der Waals surface area contributed by atoms with Gasteiger partial charge in [-0.2, -0.15) is 5.10 Å². The molecule has 0 aliphatic rings. The maximum absolute atomic E-state index is 11.7. The number of aryl methyl sites for hydroxylation is 1. The molecule has 5 nitrogen and oxygen atoms in total. The molecule has 0 radical (unpaired) electrons. The van der Waals surface area contributed by atoms with Crippen molar-refractivity contribution in [2.24, 2.45) is 7.05 Å². The fourth-order valence-corrected chi connectivity index (χ4v) is 1.74. The Hall–Kier alpha value is -1.85. The van der Waals surface area contributed by atoms with Crippen LogP contribution in [0.2, 0.25) is 5.02 Å². The normalized spacial score (nSPS) is 10.4. The molecule has 1 aromatic carbocycles. The van der Waals surface area contributed by atoms with E-state index in [1.807, 2.05) is 13.1 Å². The monoisotopic (exact) mass is 278 g/mol. The van der Waals surface area contributed by atoms with Crippen LogP contribution in [-0.2, 0) is 18.4 Å². The number of anilines is 1. The first-order valence-electron chi connectivity index (χ1n) is 5.88. The number of carbonyl (C=O) groups is 1. The molecule has 2 aromatic rings. The van der Waals surface area contributed by atoms with Gasteiger partial charge in [-0.15, -0.1) is 0 Å². The van der Waals surface area contributed by atoms with Crippen molar-refractivity contribution in [1.82, 2.24) is 15.1 Å². The molecule has 0 spiro atoms. The summed E-state index contributed by atoms with van der Waals surface area (Å²) in [6.45, 7) is 0.846. The van der Waals surface area contributed by atoms with E-state index in [1.165, 1.54) is 0 Å². The minimum atomic E-state index is -0.0931. The maximum atomic E-state index is 11.7. The van der Waals surface area contributed by atoms with Gasteiger partial charge in [0.15, 0.2) is 0 Å². The molecule has 6 heteroatoms. The molecule has 19 heavy (non-hydrogen) atoms. The zero-order valence-corrected chi connectivity index (χ0v) is 11.3. The molecule has 100 valence electrons. The topological polar surface area (TPSA) is 59.0 Å². The summed E-state index contributed by atoms with van der Waals surface area (Å²) < 4.78 is 1.77. The Morgan fingerprint density at radius 2 is 2.05 bits per heavy atom. The minimum Gasteiger partial charge on any atom is -0.325 e. The van der Waals surface area contributed by atoms with Gasteiger partial charge in [-0.25, -0.2) is 0 Å². The molecule has 0 atom stereocenters. The molecule has 0 saturated heterocycles. The van der Waals surface area contributed by atoms with E-state index in [-0.39, 0.29) is 12.5 Å². The quantitative estimate of drug-likeness (QED) is 0.877. The van der Waals surface area contributed by atoms with Gasteiger partial charge in [0, 0.05) is 30.5 Å². The first-order chi connectivity index (χ1) is 9.15. The highest BCUT2D eigenvalue weighted by molar-refractivity contribution is 6.30. The van der Waals surface area contributed by atoms with Gasteiger partial charge in [0.25, 0.3) is 0 Å². The van der Waals surface area contributed by atoms with E-state index in [2.05, 4.69) is 15.7 Å². The fraction of sp³-hybridized carbons (Fsp3) is 0.231. The number of rotatable bonds is 5. The van der Waals surface area contributed by atoms with Gasteiger partial charge in [0.05, 0.1) is 12.2 Å². The van der Waals surface area contributed by atoms with Crippen molar-refractivity contribution >= 4 is 23.2 Å².